The molecule has 0 aromatic heterocycles. The van der Waals surface area contributed by atoms with Crippen molar-refractivity contribution in [1.82, 2.24) is 9.80 Å². The lowest BCUT2D eigenvalue weighted by Gasteiger charge is -2.41. The van der Waals surface area contributed by atoms with Crippen LogP contribution < -0.4 is 0 Å². The van der Waals surface area contributed by atoms with E-state index in [-0.39, 0.29) is 17.9 Å². The summed E-state index contributed by atoms with van der Waals surface area (Å²) in [5.41, 5.74) is 1.23. The predicted molar refractivity (Wildman–Crippen MR) is 105 cm³/mol. The van der Waals surface area contributed by atoms with Gasteiger partial charge in [-0.15, -0.1) is 0 Å². The fourth-order valence-electron chi connectivity index (χ4n) is 3.93. The number of hydrogen-bond acceptors (Lipinski definition) is 4. The Morgan fingerprint density at radius 1 is 1.19 bits per heavy atom. The Balaban J connectivity index is 1.97. The molecule has 0 saturated carbocycles. The summed E-state index contributed by atoms with van der Waals surface area (Å²) in [6.07, 6.45) is 7.29. The van der Waals surface area contributed by atoms with Gasteiger partial charge in [0.25, 0.3) is 0 Å². The van der Waals surface area contributed by atoms with E-state index in [2.05, 4.69) is 11.9 Å². The number of carbonyl (C=O) groups excluding carboxylic acids is 2. The van der Waals surface area contributed by atoms with Gasteiger partial charge in [-0.3, -0.25) is 9.59 Å². The van der Waals surface area contributed by atoms with Crippen molar-refractivity contribution in [3.05, 3.63) is 59.8 Å². The van der Waals surface area contributed by atoms with Gasteiger partial charge in [-0.25, -0.2) is 0 Å². The first kappa shape index (κ1) is 19.4. The summed E-state index contributed by atoms with van der Waals surface area (Å²) in [5.74, 6) is -0.228. The zero-order valence-electron chi connectivity index (χ0n) is 16.4. The Kier molecular flexibility index (Phi) is 5.80. The van der Waals surface area contributed by atoms with Crippen molar-refractivity contribution < 1.29 is 14.3 Å². The lowest BCUT2D eigenvalue weighted by Crippen LogP contribution is -2.46. The van der Waals surface area contributed by atoms with Gasteiger partial charge in [0.2, 0.25) is 5.91 Å². The molecule has 1 aromatic rings. The number of amides is 1. The maximum absolute atomic E-state index is 12.9. The lowest BCUT2D eigenvalue weighted by atomic mass is 9.71. The molecule has 1 fully saturated rings. The average Bonchev–Trinajstić information content (AvgIpc) is 2.69. The second-order valence-electron chi connectivity index (χ2n) is 7.33. The van der Waals surface area contributed by atoms with E-state index in [4.69, 9.17) is 4.74 Å². The highest BCUT2D eigenvalue weighted by atomic mass is 16.5. The van der Waals surface area contributed by atoms with Crippen LogP contribution in [0.5, 0.6) is 0 Å². The van der Waals surface area contributed by atoms with E-state index >= 15 is 0 Å². The second kappa shape index (κ2) is 8.09. The normalized spacial score (nSPS) is 22.3. The van der Waals surface area contributed by atoms with Crippen molar-refractivity contribution >= 4 is 11.9 Å². The molecular weight excluding hydrogens is 340 g/mol. The largest absolute Gasteiger partial charge is 0.465 e. The van der Waals surface area contributed by atoms with Crippen LogP contribution in [0.15, 0.2) is 54.3 Å². The molecule has 0 bridgehead atoms. The quantitative estimate of drug-likeness (QED) is 0.765. The molecule has 3 rings (SSSR count). The molecule has 1 aromatic carbocycles. The summed E-state index contributed by atoms with van der Waals surface area (Å²) >= 11 is 0. The molecular formula is C22H28N2O3. The van der Waals surface area contributed by atoms with Gasteiger partial charge in [0.1, 0.15) is 0 Å². The number of rotatable bonds is 4. The van der Waals surface area contributed by atoms with E-state index in [1.165, 1.54) is 0 Å². The van der Waals surface area contributed by atoms with E-state index in [0.29, 0.717) is 19.4 Å². The van der Waals surface area contributed by atoms with E-state index in [0.717, 1.165) is 24.2 Å². The molecule has 5 nitrogen and oxygen atoms in total. The molecule has 0 spiro atoms. The minimum atomic E-state index is -0.686. The first-order chi connectivity index (χ1) is 13.0. The number of carbonyl (C=O) groups is 2. The Hall–Kier alpha value is -2.40. The first-order valence-electron chi connectivity index (χ1n) is 9.58. The first-order valence-corrected chi connectivity index (χ1v) is 9.58. The van der Waals surface area contributed by atoms with Crippen molar-refractivity contribution in [2.45, 2.75) is 32.7 Å². The second-order valence-corrected chi connectivity index (χ2v) is 7.33. The molecule has 0 radical (unpaired) electrons. The van der Waals surface area contributed by atoms with E-state index in [9.17, 15) is 9.59 Å². The Bertz CT molecular complexity index is 746. The van der Waals surface area contributed by atoms with E-state index in [1.54, 1.807) is 11.8 Å². The van der Waals surface area contributed by atoms with Crippen molar-refractivity contribution in [1.29, 1.82) is 0 Å². The topological polar surface area (TPSA) is 49.9 Å². The number of likely N-dealkylation sites (tertiary alicyclic amines) is 1. The molecule has 2 aliphatic rings. The van der Waals surface area contributed by atoms with Gasteiger partial charge in [0.15, 0.2) is 0 Å². The lowest BCUT2D eigenvalue weighted by molar-refractivity contribution is -0.155. The number of piperidine rings is 1. The smallest absolute Gasteiger partial charge is 0.316 e. The molecule has 0 N–H and O–H groups in total. The highest BCUT2D eigenvalue weighted by Gasteiger charge is 2.45. The van der Waals surface area contributed by atoms with Crippen LogP contribution in [0, 0.1) is 5.41 Å². The molecule has 1 unspecified atom stereocenters. The summed E-state index contributed by atoms with van der Waals surface area (Å²) < 4.78 is 5.44. The minimum absolute atomic E-state index is 0.0439. The highest BCUT2D eigenvalue weighted by molar-refractivity contribution is 5.83. The zero-order valence-corrected chi connectivity index (χ0v) is 16.4. The van der Waals surface area contributed by atoms with E-state index in [1.807, 2.05) is 55.6 Å². The van der Waals surface area contributed by atoms with Crippen LogP contribution in [0.1, 0.15) is 38.3 Å². The van der Waals surface area contributed by atoms with Crippen LogP contribution in [0.3, 0.4) is 0 Å². The van der Waals surface area contributed by atoms with Crippen LogP contribution in [-0.2, 0) is 14.3 Å². The van der Waals surface area contributed by atoms with E-state index < -0.39 is 5.41 Å². The summed E-state index contributed by atoms with van der Waals surface area (Å²) in [6.45, 7) is 5.41. The molecule has 2 aliphatic heterocycles. The Morgan fingerprint density at radius 2 is 1.85 bits per heavy atom. The fourth-order valence-corrected chi connectivity index (χ4v) is 3.93. The van der Waals surface area contributed by atoms with Gasteiger partial charge in [0.05, 0.1) is 18.1 Å². The maximum atomic E-state index is 12.9. The van der Waals surface area contributed by atoms with Gasteiger partial charge in [0, 0.05) is 13.1 Å². The van der Waals surface area contributed by atoms with Gasteiger partial charge < -0.3 is 14.5 Å². The predicted octanol–water partition coefficient (Wildman–Crippen LogP) is 3.31. The van der Waals surface area contributed by atoms with Crippen LogP contribution >= 0.6 is 0 Å². The van der Waals surface area contributed by atoms with Gasteiger partial charge in [-0.2, -0.15) is 0 Å². The SMILES string of the molecule is CCOC(=O)C1(C2=CN(C(C)=O)C(c3ccccc3)C=C2)CCN(C)CC1. The number of nitrogens with zero attached hydrogens (tertiary/aromatic N) is 2. The van der Waals surface area contributed by atoms with Crippen LogP contribution in [0.4, 0.5) is 0 Å². The fraction of sp³-hybridized carbons (Fsp3) is 0.455. The molecule has 5 heteroatoms. The van der Waals surface area contributed by atoms with Crippen LogP contribution in [0.2, 0.25) is 0 Å². The molecule has 2 heterocycles. The number of esters is 1. The molecule has 1 amide bonds. The van der Waals surface area contributed by atoms with Crippen molar-refractivity contribution in [2.75, 3.05) is 26.7 Å². The van der Waals surface area contributed by atoms with Crippen molar-refractivity contribution in [3.8, 4) is 0 Å². The molecule has 0 aliphatic carbocycles. The average molecular weight is 368 g/mol. The summed E-state index contributed by atoms with van der Waals surface area (Å²) in [6, 6.07) is 9.78. The summed E-state index contributed by atoms with van der Waals surface area (Å²) in [4.78, 5) is 29.3. The zero-order chi connectivity index (χ0) is 19.4. The third-order valence-electron chi connectivity index (χ3n) is 5.60. The van der Waals surface area contributed by atoms with Crippen molar-refractivity contribution in [3.63, 3.8) is 0 Å². The molecule has 1 atom stereocenters. The van der Waals surface area contributed by atoms with Crippen molar-refractivity contribution in [2.24, 2.45) is 5.41 Å². The third-order valence-corrected chi connectivity index (χ3v) is 5.60. The molecule has 27 heavy (non-hydrogen) atoms. The van der Waals surface area contributed by atoms with Crippen LogP contribution in [0.25, 0.3) is 0 Å². The highest BCUT2D eigenvalue weighted by Crippen LogP contribution is 2.43. The summed E-state index contributed by atoms with van der Waals surface area (Å²) in [7, 11) is 2.06. The Morgan fingerprint density at radius 3 is 2.44 bits per heavy atom. The molecule has 144 valence electrons. The van der Waals surface area contributed by atoms with Gasteiger partial charge in [-0.05, 0) is 51.0 Å². The number of ether oxygens (including phenoxy) is 1. The third kappa shape index (κ3) is 3.83. The number of allylic oxidation sites excluding steroid dienone is 1. The van der Waals surface area contributed by atoms with Gasteiger partial charge in [-0.1, -0.05) is 42.5 Å². The standard InChI is InChI=1S/C22H28N2O3/c1-4-27-21(26)22(12-14-23(3)15-13-22)19-10-11-20(24(16-19)17(2)25)18-8-6-5-7-9-18/h5-11,16,20H,4,12-15H2,1-3H3. The Labute approximate surface area is 161 Å². The number of hydrogen-bond donors (Lipinski definition) is 0. The van der Waals surface area contributed by atoms with Gasteiger partial charge >= 0.3 is 5.97 Å². The van der Waals surface area contributed by atoms with Crippen LogP contribution in [-0.4, -0.2) is 48.4 Å². The maximum Gasteiger partial charge on any atom is 0.316 e. The molecule has 1 saturated heterocycles. The number of benzene rings is 1. The minimum Gasteiger partial charge on any atom is -0.465 e. The monoisotopic (exact) mass is 368 g/mol. The summed E-state index contributed by atoms with van der Waals surface area (Å²) in [5, 5.41) is 0.